The van der Waals surface area contributed by atoms with Crippen molar-refractivity contribution in [3.63, 3.8) is 0 Å². The number of nitrogens with zero attached hydrogens (tertiary/aromatic N) is 2. The third-order valence-electron chi connectivity index (χ3n) is 3.56. The van der Waals surface area contributed by atoms with Crippen LogP contribution < -0.4 is 9.62 Å². The van der Waals surface area contributed by atoms with Crippen LogP contribution >= 0.6 is 11.6 Å². The first-order valence-electron chi connectivity index (χ1n) is 7.68. The lowest BCUT2D eigenvalue weighted by Gasteiger charge is -2.24. The molecule has 0 atom stereocenters. The van der Waals surface area contributed by atoms with Crippen molar-refractivity contribution in [2.45, 2.75) is 19.9 Å². The Labute approximate surface area is 152 Å². The van der Waals surface area contributed by atoms with Crippen molar-refractivity contribution in [3.05, 3.63) is 58.9 Å². The highest BCUT2D eigenvalue weighted by molar-refractivity contribution is 7.92. The predicted octanol–water partition coefficient (Wildman–Crippen LogP) is 2.52. The van der Waals surface area contributed by atoms with Gasteiger partial charge in [-0.05, 0) is 42.8 Å². The van der Waals surface area contributed by atoms with Crippen LogP contribution in [-0.2, 0) is 21.4 Å². The van der Waals surface area contributed by atoms with E-state index in [-0.39, 0.29) is 18.9 Å². The number of benzene rings is 1. The van der Waals surface area contributed by atoms with Gasteiger partial charge in [-0.2, -0.15) is 0 Å². The van der Waals surface area contributed by atoms with Crippen molar-refractivity contribution in [2.24, 2.45) is 0 Å². The van der Waals surface area contributed by atoms with Crippen LogP contribution in [0.15, 0.2) is 42.6 Å². The van der Waals surface area contributed by atoms with E-state index in [0.29, 0.717) is 17.3 Å². The average Bonchev–Trinajstić information content (AvgIpc) is 2.54. The minimum absolute atomic E-state index is 0.0436. The topological polar surface area (TPSA) is 79.4 Å². The summed E-state index contributed by atoms with van der Waals surface area (Å²) in [4.78, 5) is 16.2. The van der Waals surface area contributed by atoms with Crippen LogP contribution in [0.4, 0.5) is 5.69 Å². The summed E-state index contributed by atoms with van der Waals surface area (Å²) in [5.74, 6) is -0.245. The molecule has 0 fully saturated rings. The monoisotopic (exact) mass is 381 g/mol. The molecule has 134 valence electrons. The molecule has 1 aromatic heterocycles. The number of anilines is 1. The van der Waals surface area contributed by atoms with Crippen LogP contribution in [0.5, 0.6) is 0 Å². The van der Waals surface area contributed by atoms with Gasteiger partial charge in [-0.1, -0.05) is 17.7 Å². The number of rotatable bonds is 7. The number of hydrogen-bond donors (Lipinski definition) is 1. The first-order valence-corrected chi connectivity index (χ1v) is 9.90. The molecule has 0 bridgehead atoms. The van der Waals surface area contributed by atoms with Gasteiger partial charge in [0.2, 0.25) is 15.9 Å². The molecular weight excluding hydrogens is 362 g/mol. The molecule has 1 amide bonds. The second kappa shape index (κ2) is 8.31. The third kappa shape index (κ3) is 5.72. The van der Waals surface area contributed by atoms with Crippen molar-refractivity contribution in [1.82, 2.24) is 10.3 Å². The Kier molecular flexibility index (Phi) is 6.39. The Morgan fingerprint density at radius 1 is 1.28 bits per heavy atom. The number of aromatic nitrogens is 1. The molecular formula is C17H20ClN3O3S. The van der Waals surface area contributed by atoms with Crippen molar-refractivity contribution in [1.29, 1.82) is 0 Å². The number of carbonyl (C=O) groups excluding carboxylic acids is 1. The summed E-state index contributed by atoms with van der Waals surface area (Å²) in [6.45, 7) is 2.13. The highest BCUT2D eigenvalue weighted by atomic mass is 35.5. The first kappa shape index (κ1) is 19.2. The summed E-state index contributed by atoms with van der Waals surface area (Å²) in [5, 5.41) is 3.27. The SMILES string of the molecule is Cc1cc(Cl)ccc1N(CCC(=O)NCc1ccccn1)S(C)(=O)=O. The average molecular weight is 382 g/mol. The van der Waals surface area contributed by atoms with Gasteiger partial charge in [0.1, 0.15) is 0 Å². The Morgan fingerprint density at radius 2 is 2.04 bits per heavy atom. The van der Waals surface area contributed by atoms with E-state index in [2.05, 4.69) is 10.3 Å². The van der Waals surface area contributed by atoms with E-state index >= 15 is 0 Å². The summed E-state index contributed by atoms with van der Waals surface area (Å²) in [6.07, 6.45) is 2.81. The molecule has 0 spiro atoms. The molecule has 0 aliphatic carbocycles. The number of pyridine rings is 1. The zero-order chi connectivity index (χ0) is 18.4. The number of carbonyl (C=O) groups is 1. The lowest BCUT2D eigenvalue weighted by molar-refractivity contribution is -0.121. The number of sulfonamides is 1. The third-order valence-corrected chi connectivity index (χ3v) is 4.98. The number of amides is 1. The van der Waals surface area contributed by atoms with Crippen LogP contribution in [0.1, 0.15) is 17.7 Å². The Balaban J connectivity index is 2.02. The van der Waals surface area contributed by atoms with Crippen molar-refractivity contribution in [2.75, 3.05) is 17.1 Å². The lowest BCUT2D eigenvalue weighted by Crippen LogP contribution is -2.35. The highest BCUT2D eigenvalue weighted by Gasteiger charge is 2.20. The fourth-order valence-corrected chi connectivity index (χ4v) is 3.56. The number of hydrogen-bond acceptors (Lipinski definition) is 4. The smallest absolute Gasteiger partial charge is 0.232 e. The fraction of sp³-hybridized carbons (Fsp3) is 0.294. The summed E-state index contributed by atoms with van der Waals surface area (Å²) < 4.78 is 25.4. The summed E-state index contributed by atoms with van der Waals surface area (Å²) >= 11 is 5.92. The Bertz CT molecular complexity index is 841. The van der Waals surface area contributed by atoms with Gasteiger partial charge >= 0.3 is 0 Å². The van der Waals surface area contributed by atoms with E-state index in [9.17, 15) is 13.2 Å². The van der Waals surface area contributed by atoms with Crippen LogP contribution in [0.25, 0.3) is 0 Å². The second-order valence-corrected chi connectivity index (χ2v) is 7.96. The lowest BCUT2D eigenvalue weighted by atomic mass is 10.2. The van der Waals surface area contributed by atoms with Gasteiger partial charge < -0.3 is 5.32 Å². The molecule has 25 heavy (non-hydrogen) atoms. The minimum atomic E-state index is -3.52. The van der Waals surface area contributed by atoms with E-state index in [1.54, 1.807) is 43.5 Å². The van der Waals surface area contributed by atoms with Gasteiger partial charge in [0.05, 0.1) is 24.2 Å². The molecule has 0 saturated heterocycles. The van der Waals surface area contributed by atoms with E-state index in [1.807, 2.05) is 6.07 Å². The normalized spacial score (nSPS) is 11.2. The minimum Gasteiger partial charge on any atom is -0.350 e. The number of aryl methyl sites for hydroxylation is 1. The molecule has 2 aromatic rings. The zero-order valence-electron chi connectivity index (χ0n) is 14.1. The molecule has 0 unspecified atom stereocenters. The van der Waals surface area contributed by atoms with Gasteiger partial charge in [0.15, 0.2) is 0 Å². The van der Waals surface area contributed by atoms with Gasteiger partial charge in [-0.25, -0.2) is 8.42 Å². The quantitative estimate of drug-likeness (QED) is 0.799. The Morgan fingerprint density at radius 3 is 2.64 bits per heavy atom. The molecule has 1 N–H and O–H groups in total. The van der Waals surface area contributed by atoms with Crippen molar-refractivity contribution in [3.8, 4) is 0 Å². The molecule has 8 heteroatoms. The van der Waals surface area contributed by atoms with E-state index in [0.717, 1.165) is 17.5 Å². The largest absolute Gasteiger partial charge is 0.350 e. The highest BCUT2D eigenvalue weighted by Crippen LogP contribution is 2.25. The molecule has 0 saturated carbocycles. The van der Waals surface area contributed by atoms with E-state index < -0.39 is 10.0 Å². The van der Waals surface area contributed by atoms with Gasteiger partial charge in [-0.3, -0.25) is 14.1 Å². The molecule has 1 aromatic carbocycles. The van der Waals surface area contributed by atoms with Crippen LogP contribution in [0.2, 0.25) is 5.02 Å². The predicted molar refractivity (Wildman–Crippen MR) is 99.1 cm³/mol. The van der Waals surface area contributed by atoms with Gasteiger partial charge in [0.25, 0.3) is 0 Å². The summed E-state index contributed by atoms with van der Waals surface area (Å²) in [7, 11) is -3.52. The molecule has 2 rings (SSSR count). The fourth-order valence-electron chi connectivity index (χ4n) is 2.35. The van der Waals surface area contributed by atoms with Crippen LogP contribution in [0.3, 0.4) is 0 Å². The molecule has 6 nitrogen and oxygen atoms in total. The zero-order valence-corrected chi connectivity index (χ0v) is 15.6. The van der Waals surface area contributed by atoms with Gasteiger partial charge in [-0.15, -0.1) is 0 Å². The Hall–Kier alpha value is -2.12. The molecule has 0 aliphatic rings. The van der Waals surface area contributed by atoms with E-state index in [1.165, 1.54) is 4.31 Å². The number of nitrogens with one attached hydrogen (secondary N) is 1. The van der Waals surface area contributed by atoms with Crippen molar-refractivity contribution < 1.29 is 13.2 Å². The maximum atomic E-state index is 12.1. The second-order valence-electron chi connectivity index (χ2n) is 5.61. The maximum Gasteiger partial charge on any atom is 0.232 e. The standard InChI is InChI=1S/C17H20ClN3O3S/c1-13-11-14(18)6-7-16(13)21(25(2,23)24)10-8-17(22)20-12-15-5-3-4-9-19-15/h3-7,9,11H,8,10,12H2,1-2H3,(H,20,22). The van der Waals surface area contributed by atoms with Crippen LogP contribution in [-0.4, -0.2) is 32.1 Å². The first-order chi connectivity index (χ1) is 11.8. The molecule has 1 heterocycles. The molecule has 0 aliphatic heterocycles. The molecule has 0 radical (unpaired) electrons. The van der Waals surface area contributed by atoms with Crippen LogP contribution in [0, 0.1) is 6.92 Å². The summed E-state index contributed by atoms with van der Waals surface area (Å²) in [5.41, 5.74) is 1.99. The van der Waals surface area contributed by atoms with Gasteiger partial charge in [0, 0.05) is 24.2 Å². The number of halogens is 1. The summed E-state index contributed by atoms with van der Waals surface area (Å²) in [6, 6.07) is 10.4. The maximum absolute atomic E-state index is 12.1. The van der Waals surface area contributed by atoms with Crippen molar-refractivity contribution >= 4 is 33.2 Å². The van der Waals surface area contributed by atoms with E-state index in [4.69, 9.17) is 11.6 Å².